The first kappa shape index (κ1) is 12.1. The van der Waals surface area contributed by atoms with Crippen LogP contribution in [0.1, 0.15) is 5.56 Å². The molecule has 0 saturated carbocycles. The number of carbonyl (C=O) groups excluding carboxylic acids is 1. The van der Waals surface area contributed by atoms with Crippen LogP contribution in [0, 0.1) is 0 Å². The van der Waals surface area contributed by atoms with Crippen molar-refractivity contribution in [2.24, 2.45) is 4.99 Å². The number of aliphatic imine (C=N–C) groups is 1. The van der Waals surface area contributed by atoms with E-state index in [1.807, 2.05) is 30.3 Å². The van der Waals surface area contributed by atoms with E-state index in [9.17, 15) is 4.79 Å². The molecule has 3 aromatic carbocycles. The van der Waals surface area contributed by atoms with Gasteiger partial charge in [-0.25, -0.2) is 4.99 Å². The highest BCUT2D eigenvalue weighted by Gasteiger charge is 2.24. The van der Waals surface area contributed by atoms with Crippen molar-refractivity contribution < 1.29 is 9.53 Å². The van der Waals surface area contributed by atoms with Gasteiger partial charge in [0, 0.05) is 11.8 Å². The van der Waals surface area contributed by atoms with Crippen LogP contribution in [0.2, 0.25) is 0 Å². The minimum Gasteiger partial charge on any atom is -0.478 e. The fourth-order valence-corrected chi connectivity index (χ4v) is 3.06. The summed E-state index contributed by atoms with van der Waals surface area (Å²) in [6.07, 6.45) is 0.341. The standard InChI is InChI=1S/C18H13NO2/c1-21-18-16(20)10-15-13-8-3-2-6-11(13)12-7-4-5-9-14(12)17(15)19-18/h2-9H,10H2,1H3. The average Bonchev–Trinajstić information content (AvgIpc) is 2.54. The number of hydrogen-bond donors (Lipinski definition) is 0. The first-order valence-corrected chi connectivity index (χ1v) is 6.88. The van der Waals surface area contributed by atoms with Crippen LogP contribution >= 0.6 is 0 Å². The predicted octanol–water partition coefficient (Wildman–Crippen LogP) is 3.79. The summed E-state index contributed by atoms with van der Waals surface area (Å²) in [4.78, 5) is 16.6. The van der Waals surface area contributed by atoms with Crippen LogP contribution in [0.4, 0.5) is 5.69 Å². The molecule has 0 unspecified atom stereocenters. The smallest absolute Gasteiger partial charge is 0.258 e. The molecule has 1 heterocycles. The molecule has 4 rings (SSSR count). The van der Waals surface area contributed by atoms with E-state index >= 15 is 0 Å². The van der Waals surface area contributed by atoms with Gasteiger partial charge in [-0.1, -0.05) is 48.5 Å². The number of methoxy groups -OCH3 is 1. The molecular formula is C18H13NO2. The molecule has 0 atom stereocenters. The van der Waals surface area contributed by atoms with E-state index in [4.69, 9.17) is 4.74 Å². The lowest BCUT2D eigenvalue weighted by Gasteiger charge is -2.18. The molecule has 21 heavy (non-hydrogen) atoms. The predicted molar refractivity (Wildman–Crippen MR) is 84.3 cm³/mol. The lowest BCUT2D eigenvalue weighted by atomic mass is 9.91. The molecule has 0 fully saturated rings. The van der Waals surface area contributed by atoms with E-state index in [-0.39, 0.29) is 11.7 Å². The molecule has 1 aliphatic rings. The first-order valence-electron chi connectivity index (χ1n) is 6.88. The Morgan fingerprint density at radius 3 is 2.14 bits per heavy atom. The number of nitrogens with zero attached hydrogens (tertiary/aromatic N) is 1. The number of ketones is 1. The van der Waals surface area contributed by atoms with Gasteiger partial charge in [-0.05, 0) is 21.7 Å². The Balaban J connectivity index is 2.23. The monoisotopic (exact) mass is 275 g/mol. The highest BCUT2D eigenvalue weighted by molar-refractivity contribution is 6.39. The Labute approximate surface area is 121 Å². The summed E-state index contributed by atoms with van der Waals surface area (Å²) in [6, 6.07) is 16.3. The van der Waals surface area contributed by atoms with E-state index < -0.39 is 0 Å². The van der Waals surface area contributed by atoms with Gasteiger partial charge in [-0.15, -0.1) is 0 Å². The maximum absolute atomic E-state index is 12.1. The Hall–Kier alpha value is -2.68. The maximum Gasteiger partial charge on any atom is 0.258 e. The van der Waals surface area contributed by atoms with Gasteiger partial charge in [0.15, 0.2) is 0 Å². The molecular weight excluding hydrogens is 262 g/mol. The number of carbonyl (C=O) groups is 1. The van der Waals surface area contributed by atoms with E-state index in [0.717, 1.165) is 32.8 Å². The van der Waals surface area contributed by atoms with Crippen molar-refractivity contribution in [3.05, 3.63) is 54.1 Å². The van der Waals surface area contributed by atoms with Gasteiger partial charge in [-0.3, -0.25) is 4.79 Å². The zero-order valence-corrected chi connectivity index (χ0v) is 11.6. The van der Waals surface area contributed by atoms with E-state index in [1.165, 1.54) is 7.11 Å². The van der Waals surface area contributed by atoms with Crippen LogP contribution in [0.15, 0.2) is 53.5 Å². The third-order valence-corrected chi connectivity index (χ3v) is 3.99. The second-order valence-electron chi connectivity index (χ2n) is 5.14. The van der Waals surface area contributed by atoms with Crippen molar-refractivity contribution >= 4 is 38.9 Å². The molecule has 0 saturated heterocycles. The Kier molecular flexibility index (Phi) is 2.54. The summed E-state index contributed by atoms with van der Waals surface area (Å²) in [7, 11) is 1.49. The Bertz CT molecular complexity index is 925. The van der Waals surface area contributed by atoms with Crippen LogP contribution in [-0.2, 0) is 16.0 Å². The highest BCUT2D eigenvalue weighted by Crippen LogP contribution is 2.40. The lowest BCUT2D eigenvalue weighted by Crippen LogP contribution is -2.21. The molecule has 0 amide bonds. The second-order valence-corrected chi connectivity index (χ2v) is 5.14. The van der Waals surface area contributed by atoms with Gasteiger partial charge in [0.2, 0.25) is 5.78 Å². The second kappa shape index (κ2) is 4.42. The van der Waals surface area contributed by atoms with Gasteiger partial charge in [0.1, 0.15) is 0 Å². The number of benzene rings is 3. The highest BCUT2D eigenvalue weighted by atomic mass is 16.5. The minimum atomic E-state index is -0.0644. The zero-order chi connectivity index (χ0) is 14.4. The molecule has 0 aromatic heterocycles. The van der Waals surface area contributed by atoms with Gasteiger partial charge >= 0.3 is 0 Å². The maximum atomic E-state index is 12.1. The van der Waals surface area contributed by atoms with Crippen molar-refractivity contribution in [3.63, 3.8) is 0 Å². The molecule has 3 nitrogen and oxygen atoms in total. The molecule has 102 valence electrons. The van der Waals surface area contributed by atoms with Crippen LogP contribution in [0.3, 0.4) is 0 Å². The quantitative estimate of drug-likeness (QED) is 0.585. The molecule has 0 radical (unpaired) electrons. The molecule has 3 heteroatoms. The number of fused-ring (bicyclic) bond motifs is 6. The van der Waals surface area contributed by atoms with Gasteiger partial charge in [-0.2, -0.15) is 0 Å². The van der Waals surface area contributed by atoms with Crippen LogP contribution in [0.5, 0.6) is 0 Å². The summed E-state index contributed by atoms with van der Waals surface area (Å²) >= 11 is 0. The Morgan fingerprint density at radius 2 is 1.48 bits per heavy atom. The fourth-order valence-electron chi connectivity index (χ4n) is 3.06. The summed E-state index contributed by atoms with van der Waals surface area (Å²) in [5.41, 5.74) is 1.86. The minimum absolute atomic E-state index is 0.0644. The van der Waals surface area contributed by atoms with Crippen molar-refractivity contribution in [3.8, 4) is 0 Å². The normalized spacial score (nSPS) is 14.1. The third kappa shape index (κ3) is 1.67. The number of Topliss-reactive ketones (excluding diaryl/α,β-unsaturated/α-hetero) is 1. The van der Waals surface area contributed by atoms with Crippen LogP contribution in [0.25, 0.3) is 21.5 Å². The molecule has 0 aliphatic carbocycles. The van der Waals surface area contributed by atoms with E-state index in [0.29, 0.717) is 6.42 Å². The zero-order valence-electron chi connectivity index (χ0n) is 11.6. The topological polar surface area (TPSA) is 38.7 Å². The summed E-state index contributed by atoms with van der Waals surface area (Å²) in [5, 5.41) is 4.47. The summed E-state index contributed by atoms with van der Waals surface area (Å²) < 4.78 is 5.12. The molecule has 3 aromatic rings. The van der Waals surface area contributed by atoms with Gasteiger partial charge < -0.3 is 4.74 Å². The molecule has 0 bridgehead atoms. The average molecular weight is 275 g/mol. The van der Waals surface area contributed by atoms with Crippen molar-refractivity contribution in [1.82, 2.24) is 0 Å². The molecule has 1 aliphatic heterocycles. The van der Waals surface area contributed by atoms with E-state index in [1.54, 1.807) is 0 Å². The third-order valence-electron chi connectivity index (χ3n) is 3.99. The SMILES string of the molecule is COC1=Nc2c(c3ccccc3c3ccccc23)CC1=O. The largest absolute Gasteiger partial charge is 0.478 e. The number of rotatable bonds is 0. The fraction of sp³-hybridized carbons (Fsp3) is 0.111. The summed E-state index contributed by atoms with van der Waals surface area (Å²) in [6.45, 7) is 0. The van der Waals surface area contributed by atoms with Crippen LogP contribution in [-0.4, -0.2) is 18.8 Å². The number of hydrogen-bond acceptors (Lipinski definition) is 3. The Morgan fingerprint density at radius 1 is 0.905 bits per heavy atom. The summed E-state index contributed by atoms with van der Waals surface area (Å²) in [5.74, 6) is 0.133. The van der Waals surface area contributed by atoms with Gasteiger partial charge in [0.05, 0.1) is 12.8 Å². The first-order chi connectivity index (χ1) is 10.3. The van der Waals surface area contributed by atoms with Crippen LogP contribution < -0.4 is 0 Å². The van der Waals surface area contributed by atoms with Gasteiger partial charge in [0.25, 0.3) is 5.90 Å². The number of ether oxygens (including phenoxy) is 1. The van der Waals surface area contributed by atoms with Crippen molar-refractivity contribution in [2.45, 2.75) is 6.42 Å². The molecule has 0 spiro atoms. The molecule has 0 N–H and O–H groups in total. The van der Waals surface area contributed by atoms with Crippen molar-refractivity contribution in [2.75, 3.05) is 7.11 Å². The van der Waals surface area contributed by atoms with Crippen molar-refractivity contribution in [1.29, 1.82) is 0 Å². The van der Waals surface area contributed by atoms with E-state index in [2.05, 4.69) is 23.2 Å². The lowest BCUT2D eigenvalue weighted by molar-refractivity contribution is -0.113.